The van der Waals surface area contributed by atoms with Crippen LogP contribution in [0.3, 0.4) is 0 Å². The van der Waals surface area contributed by atoms with Gasteiger partial charge in [0.15, 0.2) is 5.76 Å². The molecule has 172 valence electrons. The van der Waals surface area contributed by atoms with E-state index in [1.54, 1.807) is 60.7 Å². The lowest BCUT2D eigenvalue weighted by Crippen LogP contribution is -2.27. The van der Waals surface area contributed by atoms with Crippen LogP contribution in [0.2, 0.25) is 0 Å². The van der Waals surface area contributed by atoms with Gasteiger partial charge in [0, 0.05) is 12.0 Å². The van der Waals surface area contributed by atoms with Crippen LogP contribution in [-0.2, 0) is 10.0 Å². The molecule has 2 aromatic carbocycles. The van der Waals surface area contributed by atoms with Crippen LogP contribution in [0.5, 0.6) is 0 Å². The fourth-order valence-electron chi connectivity index (χ4n) is 3.88. The third-order valence-electron chi connectivity index (χ3n) is 5.49. The minimum atomic E-state index is -3.84. The first-order chi connectivity index (χ1) is 16.4. The van der Waals surface area contributed by atoms with Crippen molar-refractivity contribution in [2.24, 2.45) is 5.10 Å². The van der Waals surface area contributed by atoms with E-state index in [9.17, 15) is 13.2 Å². The molecule has 0 fully saturated rings. The SMILES string of the molecule is Cc1ccc(C2=NN(C(=O)c3ccco3)[C@@H](c3ccccc3NS(=O)(=O)c3ccccc3)C2)o1. The first-order valence-corrected chi connectivity index (χ1v) is 12.1. The molecule has 0 bridgehead atoms. The number of amides is 1. The summed E-state index contributed by atoms with van der Waals surface area (Å²) in [7, 11) is -3.84. The van der Waals surface area contributed by atoms with Crippen molar-refractivity contribution < 1.29 is 22.0 Å². The van der Waals surface area contributed by atoms with E-state index in [4.69, 9.17) is 8.83 Å². The maximum Gasteiger partial charge on any atom is 0.310 e. The summed E-state index contributed by atoms with van der Waals surface area (Å²) in [4.78, 5) is 13.4. The third kappa shape index (κ3) is 4.13. The Balaban J connectivity index is 1.54. The van der Waals surface area contributed by atoms with E-state index in [1.807, 2.05) is 13.0 Å². The summed E-state index contributed by atoms with van der Waals surface area (Å²) >= 11 is 0. The van der Waals surface area contributed by atoms with Crippen molar-refractivity contribution in [2.45, 2.75) is 24.3 Å². The molecule has 0 saturated carbocycles. The van der Waals surface area contributed by atoms with Gasteiger partial charge in [0.2, 0.25) is 0 Å². The molecule has 1 aliphatic rings. The van der Waals surface area contributed by atoms with Gasteiger partial charge in [-0.3, -0.25) is 9.52 Å². The van der Waals surface area contributed by atoms with E-state index < -0.39 is 22.0 Å². The number of nitrogens with zero attached hydrogens (tertiary/aromatic N) is 2. The van der Waals surface area contributed by atoms with Gasteiger partial charge in [-0.2, -0.15) is 5.10 Å². The maximum absolute atomic E-state index is 13.2. The molecule has 1 atom stereocenters. The highest BCUT2D eigenvalue weighted by atomic mass is 32.2. The van der Waals surface area contributed by atoms with E-state index in [1.165, 1.54) is 23.4 Å². The Bertz CT molecular complexity index is 1460. The molecule has 8 nitrogen and oxygen atoms in total. The van der Waals surface area contributed by atoms with Gasteiger partial charge in [0.05, 0.1) is 22.9 Å². The standard InChI is InChI=1S/C25H21N3O5S/c1-17-13-14-23(33-17)21-16-22(28(26-21)25(29)24-12-7-15-32-24)19-10-5-6-11-20(19)27-34(30,31)18-8-3-2-4-9-18/h2-15,22,27H,16H2,1H3/t22-/m1/s1. The molecular formula is C25H21N3O5S. The molecule has 1 amide bonds. The van der Waals surface area contributed by atoms with Crippen molar-refractivity contribution >= 4 is 27.3 Å². The second-order valence-corrected chi connectivity index (χ2v) is 9.49. The molecule has 0 spiro atoms. The Morgan fingerprint density at radius 1 is 1.00 bits per heavy atom. The second kappa shape index (κ2) is 8.68. The molecule has 4 aromatic rings. The summed E-state index contributed by atoms with van der Waals surface area (Å²) in [5, 5.41) is 5.87. The Morgan fingerprint density at radius 2 is 1.76 bits per heavy atom. The highest BCUT2D eigenvalue weighted by Gasteiger charge is 2.37. The summed E-state index contributed by atoms with van der Waals surface area (Å²) < 4.78 is 39.7. The number of furan rings is 2. The number of sulfonamides is 1. The average Bonchev–Trinajstić information content (AvgIpc) is 3.60. The minimum absolute atomic E-state index is 0.132. The van der Waals surface area contributed by atoms with Crippen LogP contribution < -0.4 is 4.72 Å². The molecule has 0 unspecified atom stereocenters. The minimum Gasteiger partial charge on any atom is -0.460 e. The number of nitrogens with one attached hydrogen (secondary N) is 1. The number of benzene rings is 2. The lowest BCUT2D eigenvalue weighted by Gasteiger charge is -2.23. The number of aryl methyl sites for hydroxylation is 1. The molecule has 34 heavy (non-hydrogen) atoms. The van der Waals surface area contributed by atoms with Crippen molar-refractivity contribution in [1.82, 2.24) is 5.01 Å². The van der Waals surface area contributed by atoms with Crippen molar-refractivity contribution in [3.63, 3.8) is 0 Å². The number of hydrogen-bond acceptors (Lipinski definition) is 6. The largest absolute Gasteiger partial charge is 0.460 e. The van der Waals surface area contributed by atoms with Crippen LogP contribution in [0.4, 0.5) is 5.69 Å². The molecule has 2 aromatic heterocycles. The van der Waals surface area contributed by atoms with E-state index >= 15 is 0 Å². The lowest BCUT2D eigenvalue weighted by molar-refractivity contribution is 0.0679. The normalized spacial score (nSPS) is 15.9. The molecule has 5 rings (SSSR count). The number of carbonyl (C=O) groups is 1. The van der Waals surface area contributed by atoms with Crippen molar-refractivity contribution in [2.75, 3.05) is 4.72 Å². The van der Waals surface area contributed by atoms with E-state index in [0.29, 0.717) is 29.1 Å². The summed E-state index contributed by atoms with van der Waals surface area (Å²) in [6, 6.07) is 21.3. The molecule has 0 saturated heterocycles. The quantitative estimate of drug-likeness (QED) is 0.424. The van der Waals surface area contributed by atoms with Crippen molar-refractivity contribution in [3.05, 3.63) is 108 Å². The van der Waals surface area contributed by atoms with Crippen LogP contribution in [0.1, 0.15) is 40.1 Å². The van der Waals surface area contributed by atoms with Gasteiger partial charge >= 0.3 is 5.91 Å². The monoisotopic (exact) mass is 475 g/mol. The molecule has 0 radical (unpaired) electrons. The highest BCUT2D eigenvalue weighted by molar-refractivity contribution is 7.92. The Labute approximate surface area is 196 Å². The van der Waals surface area contributed by atoms with Crippen molar-refractivity contribution in [1.29, 1.82) is 0 Å². The van der Waals surface area contributed by atoms with Crippen molar-refractivity contribution in [3.8, 4) is 0 Å². The van der Waals surface area contributed by atoms with Gasteiger partial charge in [0.25, 0.3) is 10.0 Å². The number of rotatable bonds is 6. The summed E-state index contributed by atoms with van der Waals surface area (Å²) in [6.07, 6.45) is 1.75. The highest BCUT2D eigenvalue weighted by Crippen LogP contribution is 2.38. The van der Waals surface area contributed by atoms with Gasteiger partial charge in [-0.05, 0) is 49.4 Å². The molecule has 3 heterocycles. The third-order valence-corrected chi connectivity index (χ3v) is 6.87. The predicted octanol–water partition coefficient (Wildman–Crippen LogP) is 4.97. The van der Waals surface area contributed by atoms with E-state index in [-0.39, 0.29) is 10.7 Å². The Hall–Kier alpha value is -4.11. The summed E-state index contributed by atoms with van der Waals surface area (Å²) in [5.74, 6) is 0.975. The zero-order chi connectivity index (χ0) is 23.7. The van der Waals surface area contributed by atoms with Crippen LogP contribution in [0, 0.1) is 6.92 Å². The fraction of sp³-hybridized carbons (Fsp3) is 0.120. The van der Waals surface area contributed by atoms with Crippen LogP contribution in [0.25, 0.3) is 0 Å². The molecule has 1 aliphatic heterocycles. The number of carbonyl (C=O) groups excluding carboxylic acids is 1. The maximum atomic E-state index is 13.2. The first-order valence-electron chi connectivity index (χ1n) is 10.6. The lowest BCUT2D eigenvalue weighted by atomic mass is 9.99. The van der Waals surface area contributed by atoms with E-state index in [0.717, 1.165) is 5.76 Å². The first kappa shape index (κ1) is 21.7. The number of hydrazone groups is 1. The van der Waals surface area contributed by atoms with Crippen LogP contribution in [0.15, 0.2) is 104 Å². The zero-order valence-electron chi connectivity index (χ0n) is 18.2. The van der Waals surface area contributed by atoms with E-state index in [2.05, 4.69) is 9.82 Å². The average molecular weight is 476 g/mol. The number of hydrogen-bond donors (Lipinski definition) is 1. The second-order valence-electron chi connectivity index (χ2n) is 7.81. The van der Waals surface area contributed by atoms with Gasteiger partial charge < -0.3 is 8.83 Å². The predicted molar refractivity (Wildman–Crippen MR) is 126 cm³/mol. The van der Waals surface area contributed by atoms with Crippen LogP contribution >= 0.6 is 0 Å². The van der Waals surface area contributed by atoms with Gasteiger partial charge in [0.1, 0.15) is 17.2 Å². The Morgan fingerprint density at radius 3 is 2.47 bits per heavy atom. The van der Waals surface area contributed by atoms with Crippen LogP contribution in [-0.4, -0.2) is 25.0 Å². The Kier molecular flexibility index (Phi) is 5.54. The molecular weight excluding hydrogens is 454 g/mol. The smallest absolute Gasteiger partial charge is 0.310 e. The summed E-state index contributed by atoms with van der Waals surface area (Å²) in [6.45, 7) is 1.83. The topological polar surface area (TPSA) is 105 Å². The molecule has 0 aliphatic carbocycles. The van der Waals surface area contributed by atoms with Gasteiger partial charge in [-0.15, -0.1) is 0 Å². The van der Waals surface area contributed by atoms with Gasteiger partial charge in [-0.1, -0.05) is 36.4 Å². The number of anilines is 1. The fourth-order valence-corrected chi connectivity index (χ4v) is 4.98. The number of para-hydroxylation sites is 1. The molecule has 1 N–H and O–H groups in total. The van der Waals surface area contributed by atoms with Gasteiger partial charge in [-0.25, -0.2) is 13.4 Å². The summed E-state index contributed by atoms with van der Waals surface area (Å²) in [5.41, 5.74) is 1.54. The zero-order valence-corrected chi connectivity index (χ0v) is 19.0. The molecule has 9 heteroatoms.